The van der Waals surface area contributed by atoms with Gasteiger partial charge in [-0.2, -0.15) is 0 Å². The number of piperidine rings is 1. The van der Waals surface area contributed by atoms with Gasteiger partial charge in [0.2, 0.25) is 0 Å². The van der Waals surface area contributed by atoms with Crippen LogP contribution >= 0.6 is 0 Å². The first-order chi connectivity index (χ1) is 9.16. The fourth-order valence-corrected chi connectivity index (χ4v) is 2.28. The summed E-state index contributed by atoms with van der Waals surface area (Å²) in [6.45, 7) is 7.01. The van der Waals surface area contributed by atoms with Crippen molar-refractivity contribution in [3.63, 3.8) is 0 Å². The van der Waals surface area contributed by atoms with E-state index >= 15 is 0 Å². The van der Waals surface area contributed by atoms with Crippen LogP contribution in [0.25, 0.3) is 0 Å². The third-order valence-electron chi connectivity index (χ3n) is 3.38. The molecule has 0 atom stereocenters. The van der Waals surface area contributed by atoms with Gasteiger partial charge in [0.05, 0.1) is 17.4 Å². The molecule has 4 nitrogen and oxygen atoms in total. The second kappa shape index (κ2) is 6.55. The second-order valence-electron chi connectivity index (χ2n) is 5.58. The fourth-order valence-electron chi connectivity index (χ4n) is 2.28. The predicted molar refractivity (Wildman–Crippen MR) is 77.5 cm³/mol. The van der Waals surface area contributed by atoms with Gasteiger partial charge in [-0.15, -0.1) is 0 Å². The van der Waals surface area contributed by atoms with Crippen LogP contribution in [0.2, 0.25) is 0 Å². The summed E-state index contributed by atoms with van der Waals surface area (Å²) in [6, 6.07) is 1.95. The molecule has 0 aliphatic carbocycles. The van der Waals surface area contributed by atoms with Gasteiger partial charge in [-0.25, -0.2) is 0 Å². The molecule has 0 aromatic carbocycles. The maximum absolute atomic E-state index is 12.0. The number of hydrogen-bond acceptors (Lipinski definition) is 3. The number of amides is 1. The van der Waals surface area contributed by atoms with Crippen LogP contribution in [-0.4, -0.2) is 30.5 Å². The Morgan fingerprint density at radius 1 is 1.32 bits per heavy atom. The molecule has 1 N–H and O–H groups in total. The van der Waals surface area contributed by atoms with Crippen LogP contribution in [0.15, 0.2) is 18.5 Å². The molecule has 2 heterocycles. The fraction of sp³-hybridized carbons (Fsp3) is 0.600. The van der Waals surface area contributed by atoms with Crippen LogP contribution < -0.4 is 10.2 Å². The van der Waals surface area contributed by atoms with Crippen LogP contribution in [-0.2, 0) is 0 Å². The quantitative estimate of drug-likeness (QED) is 0.905. The minimum Gasteiger partial charge on any atom is -0.370 e. The average molecular weight is 261 g/mol. The van der Waals surface area contributed by atoms with E-state index in [2.05, 4.69) is 29.0 Å². The van der Waals surface area contributed by atoms with Crippen LogP contribution in [0.5, 0.6) is 0 Å². The van der Waals surface area contributed by atoms with E-state index in [1.165, 1.54) is 19.3 Å². The molecule has 104 valence electrons. The van der Waals surface area contributed by atoms with E-state index in [-0.39, 0.29) is 5.91 Å². The Morgan fingerprint density at radius 2 is 2.05 bits per heavy atom. The van der Waals surface area contributed by atoms with Crippen molar-refractivity contribution < 1.29 is 4.79 Å². The Hall–Kier alpha value is -1.58. The highest BCUT2D eigenvalue weighted by molar-refractivity contribution is 5.94. The van der Waals surface area contributed by atoms with Crippen LogP contribution in [0.3, 0.4) is 0 Å². The molecule has 1 aromatic rings. The van der Waals surface area contributed by atoms with Crippen molar-refractivity contribution in [2.75, 3.05) is 24.5 Å². The van der Waals surface area contributed by atoms with Gasteiger partial charge in [-0.1, -0.05) is 13.8 Å². The number of carbonyl (C=O) groups excluding carboxylic acids is 1. The number of rotatable bonds is 4. The van der Waals surface area contributed by atoms with Crippen LogP contribution in [0, 0.1) is 5.92 Å². The predicted octanol–water partition coefficient (Wildman–Crippen LogP) is 2.46. The molecule has 0 saturated carbocycles. The number of hydrogen-bond donors (Lipinski definition) is 1. The van der Waals surface area contributed by atoms with Crippen LogP contribution in [0.1, 0.15) is 43.5 Å². The molecule has 19 heavy (non-hydrogen) atoms. The molecule has 0 spiro atoms. The summed E-state index contributed by atoms with van der Waals surface area (Å²) < 4.78 is 0. The monoisotopic (exact) mass is 261 g/mol. The Labute approximate surface area is 115 Å². The minimum atomic E-state index is -0.0277. The lowest BCUT2D eigenvalue weighted by Gasteiger charge is -2.28. The number of nitrogens with one attached hydrogen (secondary N) is 1. The molecule has 0 unspecified atom stereocenters. The van der Waals surface area contributed by atoms with Crippen molar-refractivity contribution in [1.82, 2.24) is 10.3 Å². The third-order valence-corrected chi connectivity index (χ3v) is 3.38. The molecular formula is C15H23N3O. The zero-order chi connectivity index (χ0) is 13.7. The highest BCUT2D eigenvalue weighted by Crippen LogP contribution is 2.19. The molecule has 1 aliphatic heterocycles. The molecule has 1 fully saturated rings. The molecule has 4 heteroatoms. The van der Waals surface area contributed by atoms with Crippen molar-refractivity contribution in [2.24, 2.45) is 5.92 Å². The molecule has 2 rings (SSSR count). The van der Waals surface area contributed by atoms with Crippen molar-refractivity contribution in [3.8, 4) is 0 Å². The number of anilines is 1. The summed E-state index contributed by atoms with van der Waals surface area (Å²) in [5.41, 5.74) is 1.72. The number of nitrogens with zero attached hydrogens (tertiary/aromatic N) is 2. The average Bonchev–Trinajstić information content (AvgIpc) is 2.46. The SMILES string of the molecule is CC(C)CNC(=O)c1cncc(N2CCCCC2)c1. The van der Waals surface area contributed by atoms with E-state index in [1.54, 1.807) is 6.20 Å². The largest absolute Gasteiger partial charge is 0.370 e. The van der Waals surface area contributed by atoms with E-state index in [4.69, 9.17) is 0 Å². The number of aromatic nitrogens is 1. The summed E-state index contributed by atoms with van der Waals surface area (Å²) in [7, 11) is 0. The molecule has 0 radical (unpaired) electrons. The van der Waals surface area contributed by atoms with E-state index in [0.717, 1.165) is 18.8 Å². The standard InChI is InChI=1S/C15H23N3O/c1-12(2)9-17-15(19)13-8-14(11-16-10-13)18-6-4-3-5-7-18/h8,10-12H,3-7,9H2,1-2H3,(H,17,19). The molecule has 1 saturated heterocycles. The lowest BCUT2D eigenvalue weighted by atomic mass is 10.1. The van der Waals surface area contributed by atoms with E-state index in [0.29, 0.717) is 18.0 Å². The zero-order valence-electron chi connectivity index (χ0n) is 11.9. The first-order valence-corrected chi connectivity index (χ1v) is 7.15. The second-order valence-corrected chi connectivity index (χ2v) is 5.58. The maximum atomic E-state index is 12.0. The number of carbonyl (C=O) groups is 1. The molecule has 1 amide bonds. The summed E-state index contributed by atoms with van der Waals surface area (Å²) in [4.78, 5) is 18.5. The Kier molecular flexibility index (Phi) is 4.77. The number of pyridine rings is 1. The first kappa shape index (κ1) is 13.8. The van der Waals surface area contributed by atoms with Gasteiger partial charge in [0.25, 0.3) is 5.91 Å². The topological polar surface area (TPSA) is 45.2 Å². The Bertz CT molecular complexity index is 425. The lowest BCUT2D eigenvalue weighted by Crippen LogP contribution is -2.30. The van der Waals surface area contributed by atoms with Gasteiger partial charge in [-0.05, 0) is 31.2 Å². The van der Waals surface area contributed by atoms with Crippen LogP contribution in [0.4, 0.5) is 5.69 Å². The highest BCUT2D eigenvalue weighted by atomic mass is 16.1. The molecule has 1 aliphatic rings. The highest BCUT2D eigenvalue weighted by Gasteiger charge is 2.13. The van der Waals surface area contributed by atoms with E-state index in [1.807, 2.05) is 12.3 Å². The minimum absolute atomic E-state index is 0.0277. The van der Waals surface area contributed by atoms with Gasteiger partial charge in [0.15, 0.2) is 0 Å². The van der Waals surface area contributed by atoms with Gasteiger partial charge >= 0.3 is 0 Å². The van der Waals surface area contributed by atoms with Gasteiger partial charge in [0.1, 0.15) is 0 Å². The lowest BCUT2D eigenvalue weighted by molar-refractivity contribution is 0.0948. The molecule has 1 aromatic heterocycles. The summed E-state index contributed by atoms with van der Waals surface area (Å²) >= 11 is 0. The normalized spacial score (nSPS) is 15.6. The summed E-state index contributed by atoms with van der Waals surface area (Å²) in [5.74, 6) is 0.433. The third kappa shape index (κ3) is 3.94. The maximum Gasteiger partial charge on any atom is 0.252 e. The van der Waals surface area contributed by atoms with Crippen molar-refractivity contribution in [1.29, 1.82) is 0 Å². The van der Waals surface area contributed by atoms with E-state index < -0.39 is 0 Å². The van der Waals surface area contributed by atoms with Crippen molar-refractivity contribution in [2.45, 2.75) is 33.1 Å². The van der Waals surface area contributed by atoms with Gasteiger partial charge < -0.3 is 10.2 Å². The van der Waals surface area contributed by atoms with Gasteiger partial charge in [-0.3, -0.25) is 9.78 Å². The smallest absolute Gasteiger partial charge is 0.252 e. The van der Waals surface area contributed by atoms with Gasteiger partial charge in [0, 0.05) is 25.8 Å². The Morgan fingerprint density at radius 3 is 2.74 bits per heavy atom. The van der Waals surface area contributed by atoms with Crippen molar-refractivity contribution >= 4 is 11.6 Å². The zero-order valence-corrected chi connectivity index (χ0v) is 11.9. The van der Waals surface area contributed by atoms with Crippen molar-refractivity contribution in [3.05, 3.63) is 24.0 Å². The molecule has 0 bridgehead atoms. The summed E-state index contributed by atoms with van der Waals surface area (Å²) in [6.07, 6.45) is 7.25. The Balaban J connectivity index is 2.03. The first-order valence-electron chi connectivity index (χ1n) is 7.15. The van der Waals surface area contributed by atoms with E-state index in [9.17, 15) is 4.79 Å². The summed E-state index contributed by atoms with van der Waals surface area (Å²) in [5, 5.41) is 2.93. The molecular weight excluding hydrogens is 238 g/mol.